The number of aryl methyl sites for hydroxylation is 1. The van der Waals surface area contributed by atoms with E-state index in [-0.39, 0.29) is 7.92 Å². The second-order valence-corrected chi connectivity index (χ2v) is 13.2. The molecule has 1 aromatic heterocycles. The van der Waals surface area contributed by atoms with Crippen molar-refractivity contribution in [3.05, 3.63) is 53.7 Å². The molecule has 3 heteroatoms. The van der Waals surface area contributed by atoms with E-state index in [1.54, 1.807) is 16.6 Å². The maximum atomic E-state index is 6.18. The fraction of sp³-hybridized carbons (Fsp3) is 0.533. The monoisotopic (exact) mass is 459 g/mol. The first-order valence-corrected chi connectivity index (χ1v) is 14.9. The van der Waals surface area contributed by atoms with Crippen molar-refractivity contribution in [1.29, 1.82) is 0 Å². The summed E-state index contributed by atoms with van der Waals surface area (Å²) in [5, 5.41) is 3.06. The maximum Gasteiger partial charge on any atom is 0.128 e. The van der Waals surface area contributed by atoms with Gasteiger partial charge in [-0.25, -0.2) is 0 Å². The summed E-state index contributed by atoms with van der Waals surface area (Å²) in [4.78, 5) is 0. The summed E-state index contributed by atoms with van der Waals surface area (Å²) < 4.78 is 8.84. The van der Waals surface area contributed by atoms with Crippen molar-refractivity contribution in [3.8, 4) is 11.4 Å². The third kappa shape index (κ3) is 3.83. The van der Waals surface area contributed by atoms with Gasteiger partial charge < -0.3 is 9.30 Å². The molecular formula is C30H38NOP. The van der Waals surface area contributed by atoms with Crippen LogP contribution in [0, 0.1) is 0 Å². The van der Waals surface area contributed by atoms with E-state index in [1.807, 2.05) is 7.11 Å². The third-order valence-electron chi connectivity index (χ3n) is 8.56. The number of ether oxygens (including phenoxy) is 1. The van der Waals surface area contributed by atoms with E-state index >= 15 is 0 Å². The van der Waals surface area contributed by atoms with Gasteiger partial charge in [0, 0.05) is 16.4 Å². The van der Waals surface area contributed by atoms with E-state index < -0.39 is 0 Å². The summed E-state index contributed by atoms with van der Waals surface area (Å²) in [5.41, 5.74) is 7.73. The van der Waals surface area contributed by atoms with Gasteiger partial charge >= 0.3 is 0 Å². The normalized spacial score (nSPS) is 19.9. The number of para-hydroxylation sites is 1. The van der Waals surface area contributed by atoms with Gasteiger partial charge in [-0.15, -0.1) is 0 Å². The summed E-state index contributed by atoms with van der Waals surface area (Å²) in [6.07, 6.45) is 17.9. The summed E-state index contributed by atoms with van der Waals surface area (Å²) >= 11 is 0. The van der Waals surface area contributed by atoms with Crippen LogP contribution in [0.25, 0.3) is 16.6 Å². The summed E-state index contributed by atoms with van der Waals surface area (Å²) in [6, 6.07) is 16.0. The van der Waals surface area contributed by atoms with Crippen molar-refractivity contribution in [2.75, 3.05) is 7.11 Å². The van der Waals surface area contributed by atoms with Gasteiger partial charge in [0.25, 0.3) is 0 Å². The molecule has 33 heavy (non-hydrogen) atoms. The standard InChI is InChI=1S/C30H38NOP/c1-32-29-21-11-20-28(31-26-18-9-8-16-24(26)25-17-10-19-27(25)31)30(29)33(22-12-4-2-5-13-22)23-14-6-3-7-15-23/h8-9,11,16,18,20-23H,2-7,10,12-15,17,19H2,1H3. The van der Waals surface area contributed by atoms with Crippen LogP contribution in [0.2, 0.25) is 0 Å². The molecule has 3 aliphatic carbocycles. The predicted octanol–water partition coefficient (Wildman–Crippen LogP) is 7.90. The Labute approximate surface area is 200 Å². The molecule has 2 saturated carbocycles. The average Bonchev–Trinajstić information content (AvgIpc) is 3.47. The lowest BCUT2D eigenvalue weighted by atomic mass is 9.99. The molecule has 174 valence electrons. The lowest BCUT2D eigenvalue weighted by molar-refractivity contribution is 0.417. The molecule has 2 nitrogen and oxygen atoms in total. The molecule has 2 fully saturated rings. The van der Waals surface area contributed by atoms with E-state index in [1.165, 1.54) is 100 Å². The van der Waals surface area contributed by atoms with Gasteiger partial charge in [-0.3, -0.25) is 0 Å². The highest BCUT2D eigenvalue weighted by Gasteiger charge is 2.36. The molecule has 0 unspecified atom stereocenters. The van der Waals surface area contributed by atoms with Gasteiger partial charge in [-0.1, -0.05) is 70.7 Å². The molecular weight excluding hydrogens is 421 g/mol. The van der Waals surface area contributed by atoms with E-state index in [0.717, 1.165) is 17.1 Å². The fourth-order valence-electron chi connectivity index (χ4n) is 7.11. The number of nitrogens with zero attached hydrogens (tertiary/aromatic N) is 1. The molecule has 3 aliphatic rings. The zero-order valence-corrected chi connectivity index (χ0v) is 21.1. The average molecular weight is 460 g/mol. The number of fused-ring (bicyclic) bond motifs is 3. The number of benzene rings is 2. The zero-order valence-electron chi connectivity index (χ0n) is 20.2. The largest absolute Gasteiger partial charge is 0.496 e. The zero-order chi connectivity index (χ0) is 22.2. The van der Waals surface area contributed by atoms with Gasteiger partial charge in [0.1, 0.15) is 5.75 Å². The number of hydrogen-bond donors (Lipinski definition) is 0. The molecule has 0 N–H and O–H groups in total. The van der Waals surface area contributed by atoms with Crippen LogP contribution in [-0.2, 0) is 12.8 Å². The van der Waals surface area contributed by atoms with E-state index in [4.69, 9.17) is 4.74 Å². The van der Waals surface area contributed by atoms with Crippen LogP contribution in [0.4, 0.5) is 0 Å². The first kappa shape index (κ1) is 21.7. The van der Waals surface area contributed by atoms with Crippen LogP contribution in [0.3, 0.4) is 0 Å². The molecule has 0 bridgehead atoms. The van der Waals surface area contributed by atoms with Crippen molar-refractivity contribution in [2.24, 2.45) is 0 Å². The Balaban J connectivity index is 1.58. The van der Waals surface area contributed by atoms with E-state index in [9.17, 15) is 0 Å². The molecule has 6 rings (SSSR count). The molecule has 0 amide bonds. The van der Waals surface area contributed by atoms with Crippen molar-refractivity contribution >= 4 is 24.1 Å². The van der Waals surface area contributed by atoms with Gasteiger partial charge in [-0.05, 0) is 80.0 Å². The smallest absolute Gasteiger partial charge is 0.128 e. The number of rotatable bonds is 5. The maximum absolute atomic E-state index is 6.18. The van der Waals surface area contributed by atoms with Gasteiger partial charge in [0.05, 0.1) is 18.3 Å². The minimum Gasteiger partial charge on any atom is -0.496 e. The SMILES string of the molecule is COc1cccc(-n2c3c(c4ccccc42)CCC3)c1P(C1CCCCC1)C1CCCCC1. The lowest BCUT2D eigenvalue weighted by Gasteiger charge is -2.40. The Morgan fingerprint density at radius 1 is 0.758 bits per heavy atom. The van der Waals surface area contributed by atoms with Crippen LogP contribution in [0.5, 0.6) is 5.75 Å². The molecule has 2 aromatic carbocycles. The van der Waals surface area contributed by atoms with E-state index in [2.05, 4.69) is 47.0 Å². The van der Waals surface area contributed by atoms with Crippen LogP contribution in [-0.4, -0.2) is 23.0 Å². The number of methoxy groups -OCH3 is 1. The quantitative estimate of drug-likeness (QED) is 0.354. The van der Waals surface area contributed by atoms with Crippen molar-refractivity contribution in [2.45, 2.75) is 94.8 Å². The first-order chi connectivity index (χ1) is 16.4. The molecule has 0 spiro atoms. The molecule has 0 atom stereocenters. The highest BCUT2D eigenvalue weighted by Crippen LogP contribution is 2.57. The second kappa shape index (κ2) is 9.46. The van der Waals surface area contributed by atoms with Crippen LogP contribution >= 0.6 is 7.92 Å². The topological polar surface area (TPSA) is 14.2 Å². The second-order valence-electron chi connectivity index (χ2n) is 10.5. The van der Waals surface area contributed by atoms with Crippen molar-refractivity contribution < 1.29 is 4.74 Å². The summed E-state index contributed by atoms with van der Waals surface area (Å²) in [5.74, 6) is 1.15. The lowest BCUT2D eigenvalue weighted by Crippen LogP contribution is -2.29. The molecule has 0 radical (unpaired) electrons. The van der Waals surface area contributed by atoms with Gasteiger partial charge in [0.15, 0.2) is 0 Å². The summed E-state index contributed by atoms with van der Waals surface area (Å²) in [6.45, 7) is 0. The van der Waals surface area contributed by atoms with Gasteiger partial charge in [-0.2, -0.15) is 0 Å². The first-order valence-electron chi connectivity index (χ1n) is 13.4. The number of aromatic nitrogens is 1. The van der Waals surface area contributed by atoms with Crippen LogP contribution in [0.1, 0.15) is 81.9 Å². The van der Waals surface area contributed by atoms with Crippen molar-refractivity contribution in [1.82, 2.24) is 4.57 Å². The molecule has 0 saturated heterocycles. The van der Waals surface area contributed by atoms with Crippen LogP contribution in [0.15, 0.2) is 42.5 Å². The third-order valence-corrected chi connectivity index (χ3v) is 12.1. The molecule has 1 heterocycles. The highest BCUT2D eigenvalue weighted by atomic mass is 31.1. The highest BCUT2D eigenvalue weighted by molar-refractivity contribution is 7.67. The molecule has 0 aliphatic heterocycles. The Bertz CT molecular complexity index is 1100. The Hall–Kier alpha value is -1.79. The fourth-order valence-corrected chi connectivity index (χ4v) is 11.1. The van der Waals surface area contributed by atoms with E-state index in [0.29, 0.717) is 0 Å². The molecule has 3 aromatic rings. The Kier molecular flexibility index (Phi) is 6.22. The Morgan fingerprint density at radius 2 is 1.45 bits per heavy atom. The predicted molar refractivity (Wildman–Crippen MR) is 142 cm³/mol. The van der Waals surface area contributed by atoms with Crippen LogP contribution < -0.4 is 10.0 Å². The minimum absolute atomic E-state index is 0.252. The number of hydrogen-bond acceptors (Lipinski definition) is 1. The van der Waals surface area contributed by atoms with Gasteiger partial charge in [0.2, 0.25) is 0 Å². The summed E-state index contributed by atoms with van der Waals surface area (Å²) in [7, 11) is 1.65. The van der Waals surface area contributed by atoms with Crippen molar-refractivity contribution in [3.63, 3.8) is 0 Å². The Morgan fingerprint density at radius 3 is 2.15 bits per heavy atom. The minimum atomic E-state index is -0.252.